The van der Waals surface area contributed by atoms with E-state index in [1.165, 1.54) is 6.07 Å². The first-order valence-corrected chi connectivity index (χ1v) is 3.40. The molecule has 10 heavy (non-hydrogen) atoms. The van der Waals surface area contributed by atoms with Gasteiger partial charge in [-0.3, -0.25) is 0 Å². The normalized spacial score (nSPS) is 9.30. The van der Waals surface area contributed by atoms with Gasteiger partial charge >= 0.3 is 5.97 Å². The fraction of sp³-hybridized carbons (Fsp3) is 0. The summed E-state index contributed by atoms with van der Waals surface area (Å²) in [5.41, 5.74) is 0.263. The van der Waals surface area contributed by atoms with Crippen LogP contribution in [-0.4, -0.2) is 11.1 Å². The Morgan fingerprint density at radius 2 is 2.40 bits per heavy atom. The van der Waals surface area contributed by atoms with Crippen molar-refractivity contribution in [1.29, 1.82) is 0 Å². The highest BCUT2D eigenvalue weighted by molar-refractivity contribution is 9.10. The summed E-state index contributed by atoms with van der Waals surface area (Å²) in [7, 11) is 0. The molecule has 0 amide bonds. The lowest BCUT2D eigenvalue weighted by Gasteiger charge is -1.94. The van der Waals surface area contributed by atoms with Crippen LogP contribution in [0.1, 0.15) is 10.4 Å². The van der Waals surface area contributed by atoms with E-state index in [1.807, 2.05) is 0 Å². The van der Waals surface area contributed by atoms with Gasteiger partial charge in [-0.2, -0.15) is 0 Å². The predicted octanol–water partition coefficient (Wildman–Crippen LogP) is 1.95. The molecule has 0 atom stereocenters. The largest absolute Gasteiger partial charge is 0.478 e. The zero-order valence-corrected chi connectivity index (χ0v) is 6.55. The topological polar surface area (TPSA) is 37.3 Å². The van der Waals surface area contributed by atoms with Gasteiger partial charge in [0, 0.05) is 4.47 Å². The molecular formula is C7H4BrO2. The molecule has 1 aromatic carbocycles. The van der Waals surface area contributed by atoms with E-state index in [0.29, 0.717) is 4.47 Å². The second-order valence-electron chi connectivity index (χ2n) is 1.71. The molecule has 1 aromatic rings. The number of hydrogen-bond donors (Lipinski definition) is 1. The number of halogens is 1. The van der Waals surface area contributed by atoms with Crippen LogP contribution in [0.2, 0.25) is 0 Å². The second-order valence-corrected chi connectivity index (χ2v) is 2.57. The Bertz CT molecular complexity index is 258. The molecule has 0 unspecified atom stereocenters. The minimum Gasteiger partial charge on any atom is -0.478 e. The third kappa shape index (κ3) is 1.36. The van der Waals surface area contributed by atoms with Gasteiger partial charge in [0.05, 0.1) is 5.56 Å². The van der Waals surface area contributed by atoms with E-state index < -0.39 is 5.97 Å². The summed E-state index contributed by atoms with van der Waals surface area (Å²) in [6, 6.07) is 7.37. The van der Waals surface area contributed by atoms with Crippen LogP contribution < -0.4 is 0 Å². The maximum absolute atomic E-state index is 10.4. The van der Waals surface area contributed by atoms with Crippen molar-refractivity contribution in [2.24, 2.45) is 0 Å². The number of carboxylic acid groups (broad SMARTS) is 1. The zero-order valence-electron chi connectivity index (χ0n) is 4.97. The van der Waals surface area contributed by atoms with Gasteiger partial charge in [0.2, 0.25) is 0 Å². The van der Waals surface area contributed by atoms with Gasteiger partial charge < -0.3 is 5.11 Å². The summed E-state index contributed by atoms with van der Waals surface area (Å²) in [6.45, 7) is 0. The third-order valence-corrected chi connectivity index (χ3v) is 1.70. The van der Waals surface area contributed by atoms with Gasteiger partial charge in [-0.15, -0.1) is 0 Å². The SMILES string of the molecule is O=C(O)c1cc[c]cc1Br. The van der Waals surface area contributed by atoms with Gasteiger partial charge in [-0.05, 0) is 34.1 Å². The Kier molecular flexibility index (Phi) is 2.06. The molecule has 3 heteroatoms. The van der Waals surface area contributed by atoms with Gasteiger partial charge in [-0.25, -0.2) is 4.79 Å². The lowest BCUT2D eigenvalue weighted by Crippen LogP contribution is -1.96. The molecule has 0 fully saturated rings. The quantitative estimate of drug-likeness (QED) is 0.751. The van der Waals surface area contributed by atoms with E-state index in [0.717, 1.165) is 0 Å². The molecular weight excluding hydrogens is 196 g/mol. The highest BCUT2D eigenvalue weighted by atomic mass is 79.9. The fourth-order valence-electron chi connectivity index (χ4n) is 0.584. The molecule has 1 N–H and O–H groups in total. The van der Waals surface area contributed by atoms with E-state index in [9.17, 15) is 4.79 Å². The van der Waals surface area contributed by atoms with Crippen molar-refractivity contribution in [3.05, 3.63) is 34.3 Å². The first kappa shape index (κ1) is 7.28. The van der Waals surface area contributed by atoms with Crippen LogP contribution in [0, 0.1) is 6.07 Å². The number of carbonyl (C=O) groups is 1. The molecule has 0 saturated carbocycles. The molecule has 0 aliphatic heterocycles. The van der Waals surface area contributed by atoms with Crippen molar-refractivity contribution >= 4 is 21.9 Å². The first-order valence-electron chi connectivity index (χ1n) is 2.60. The Morgan fingerprint density at radius 1 is 1.70 bits per heavy atom. The van der Waals surface area contributed by atoms with E-state index in [1.54, 1.807) is 12.1 Å². The Morgan fingerprint density at radius 3 is 2.80 bits per heavy atom. The van der Waals surface area contributed by atoms with Crippen LogP contribution >= 0.6 is 15.9 Å². The van der Waals surface area contributed by atoms with Crippen molar-refractivity contribution in [3.63, 3.8) is 0 Å². The molecule has 0 heterocycles. The van der Waals surface area contributed by atoms with Crippen LogP contribution in [0.25, 0.3) is 0 Å². The highest BCUT2D eigenvalue weighted by Gasteiger charge is 2.04. The molecule has 1 radical (unpaired) electrons. The molecule has 0 spiro atoms. The summed E-state index contributed by atoms with van der Waals surface area (Å²) in [5.74, 6) is -0.930. The fourth-order valence-corrected chi connectivity index (χ4v) is 1.02. The number of benzene rings is 1. The smallest absolute Gasteiger partial charge is 0.336 e. The molecule has 1 rings (SSSR count). The van der Waals surface area contributed by atoms with E-state index in [-0.39, 0.29) is 5.56 Å². The van der Waals surface area contributed by atoms with Crippen LogP contribution in [0.3, 0.4) is 0 Å². The number of carboxylic acids is 1. The van der Waals surface area contributed by atoms with Gasteiger partial charge in [0.25, 0.3) is 0 Å². The Labute approximate surface area is 66.6 Å². The van der Waals surface area contributed by atoms with Crippen LogP contribution in [-0.2, 0) is 0 Å². The molecule has 0 aromatic heterocycles. The zero-order chi connectivity index (χ0) is 7.56. The van der Waals surface area contributed by atoms with Crippen molar-refractivity contribution in [3.8, 4) is 0 Å². The third-order valence-electron chi connectivity index (χ3n) is 1.04. The van der Waals surface area contributed by atoms with Crippen molar-refractivity contribution in [2.45, 2.75) is 0 Å². The van der Waals surface area contributed by atoms with Crippen molar-refractivity contribution in [2.75, 3.05) is 0 Å². The lowest BCUT2D eigenvalue weighted by atomic mass is 10.2. The Hall–Kier alpha value is -0.830. The number of aromatic carboxylic acids is 1. The molecule has 51 valence electrons. The molecule has 2 nitrogen and oxygen atoms in total. The maximum Gasteiger partial charge on any atom is 0.336 e. The van der Waals surface area contributed by atoms with E-state index >= 15 is 0 Å². The molecule has 0 bridgehead atoms. The maximum atomic E-state index is 10.4. The number of hydrogen-bond acceptors (Lipinski definition) is 1. The summed E-state index contributed by atoms with van der Waals surface area (Å²) in [4.78, 5) is 10.4. The highest BCUT2D eigenvalue weighted by Crippen LogP contribution is 2.14. The predicted molar refractivity (Wildman–Crippen MR) is 39.9 cm³/mol. The van der Waals surface area contributed by atoms with Crippen molar-refractivity contribution in [1.82, 2.24) is 0 Å². The molecule has 0 saturated heterocycles. The second kappa shape index (κ2) is 2.84. The Balaban J connectivity index is 3.15. The van der Waals surface area contributed by atoms with Crippen LogP contribution in [0.5, 0.6) is 0 Å². The van der Waals surface area contributed by atoms with Gasteiger partial charge in [0.1, 0.15) is 0 Å². The molecule has 0 aliphatic carbocycles. The summed E-state index contributed by atoms with van der Waals surface area (Å²) >= 11 is 3.08. The number of rotatable bonds is 1. The summed E-state index contributed by atoms with van der Waals surface area (Å²) in [6.07, 6.45) is 0. The van der Waals surface area contributed by atoms with Crippen LogP contribution in [0.4, 0.5) is 0 Å². The summed E-state index contributed by atoms with van der Waals surface area (Å²) in [5, 5.41) is 8.52. The minimum absolute atomic E-state index is 0.263. The average Bonchev–Trinajstić information content (AvgIpc) is 1.88. The first-order chi connectivity index (χ1) is 4.72. The standard InChI is InChI=1S/C7H4BrO2/c8-6-4-2-1-3-5(6)7(9)10/h1,3-4H,(H,9,10). The monoisotopic (exact) mass is 199 g/mol. The van der Waals surface area contributed by atoms with Crippen LogP contribution in [0.15, 0.2) is 22.7 Å². The van der Waals surface area contributed by atoms with E-state index in [2.05, 4.69) is 22.0 Å². The average molecular weight is 200 g/mol. The van der Waals surface area contributed by atoms with Gasteiger partial charge in [0.15, 0.2) is 0 Å². The lowest BCUT2D eigenvalue weighted by molar-refractivity contribution is 0.0696. The minimum atomic E-state index is -0.930. The van der Waals surface area contributed by atoms with Crippen molar-refractivity contribution < 1.29 is 9.90 Å². The summed E-state index contributed by atoms with van der Waals surface area (Å²) < 4.78 is 0.558. The van der Waals surface area contributed by atoms with E-state index in [4.69, 9.17) is 5.11 Å². The molecule has 0 aliphatic rings. The van der Waals surface area contributed by atoms with Gasteiger partial charge in [-0.1, -0.05) is 6.07 Å².